The van der Waals surface area contributed by atoms with Gasteiger partial charge in [-0.25, -0.2) is 8.42 Å². The Morgan fingerprint density at radius 1 is 1.36 bits per heavy atom. The third-order valence-electron chi connectivity index (χ3n) is 4.08. The van der Waals surface area contributed by atoms with Crippen molar-refractivity contribution in [1.29, 1.82) is 0 Å². The second kappa shape index (κ2) is 6.81. The van der Waals surface area contributed by atoms with Gasteiger partial charge in [-0.15, -0.1) is 0 Å². The molecule has 2 heterocycles. The van der Waals surface area contributed by atoms with Crippen molar-refractivity contribution in [3.8, 4) is 0 Å². The standard InChI is InChI=1S/C15H17F3N2O3S2/c1-23-5-6-24-14-19-12-8-25(21,22)9-13(12)20(14)11-4-2-3-10(7-11)15(16,17)18/h2-4,7,12-13H,5-6,8-9H2,1H3/t12-,13+/m1/s1. The SMILES string of the molecule is COCCSC1=N[C@@H]2CS(=O)(=O)C[C@@H]2N1c1cccc(C(F)(F)F)c1. The molecular formula is C15H17F3N2O3S2. The molecule has 0 amide bonds. The van der Waals surface area contributed by atoms with E-state index in [9.17, 15) is 21.6 Å². The summed E-state index contributed by atoms with van der Waals surface area (Å²) in [6, 6.07) is 4.02. The zero-order chi connectivity index (χ0) is 18.2. The molecular weight excluding hydrogens is 377 g/mol. The lowest BCUT2D eigenvalue weighted by atomic mass is 10.1. The van der Waals surface area contributed by atoms with Crippen molar-refractivity contribution in [2.75, 3.05) is 35.9 Å². The number of hydrogen-bond donors (Lipinski definition) is 0. The molecule has 0 unspecified atom stereocenters. The maximum Gasteiger partial charge on any atom is 0.416 e. The predicted molar refractivity (Wildman–Crippen MR) is 91.9 cm³/mol. The van der Waals surface area contributed by atoms with Crippen LogP contribution in [-0.2, 0) is 20.8 Å². The van der Waals surface area contributed by atoms with Gasteiger partial charge in [-0.05, 0) is 18.2 Å². The second-order valence-electron chi connectivity index (χ2n) is 5.88. The molecule has 2 aliphatic rings. The minimum atomic E-state index is -4.46. The van der Waals surface area contributed by atoms with Gasteiger partial charge in [0.15, 0.2) is 15.0 Å². The van der Waals surface area contributed by atoms with Crippen molar-refractivity contribution in [2.45, 2.75) is 18.3 Å². The zero-order valence-electron chi connectivity index (χ0n) is 13.4. The number of aliphatic imine (C=N–C) groups is 1. The summed E-state index contributed by atoms with van der Waals surface area (Å²) in [6.07, 6.45) is -4.46. The van der Waals surface area contributed by atoms with Crippen LogP contribution in [0.2, 0.25) is 0 Å². The number of hydrogen-bond acceptors (Lipinski definition) is 6. The van der Waals surface area contributed by atoms with Crippen molar-refractivity contribution in [3.05, 3.63) is 29.8 Å². The van der Waals surface area contributed by atoms with Gasteiger partial charge in [0.05, 0.1) is 35.8 Å². The van der Waals surface area contributed by atoms with Crippen molar-refractivity contribution >= 4 is 32.5 Å². The Morgan fingerprint density at radius 2 is 2.12 bits per heavy atom. The van der Waals surface area contributed by atoms with Gasteiger partial charge in [0.25, 0.3) is 0 Å². The summed E-state index contributed by atoms with van der Waals surface area (Å²) < 4.78 is 67.9. The zero-order valence-corrected chi connectivity index (χ0v) is 15.0. The van der Waals surface area contributed by atoms with Crippen molar-refractivity contribution in [3.63, 3.8) is 0 Å². The monoisotopic (exact) mass is 394 g/mol. The van der Waals surface area contributed by atoms with E-state index in [1.807, 2.05) is 0 Å². The van der Waals surface area contributed by atoms with Gasteiger partial charge in [-0.1, -0.05) is 17.8 Å². The lowest BCUT2D eigenvalue weighted by molar-refractivity contribution is -0.137. The number of amidine groups is 1. The van der Waals surface area contributed by atoms with E-state index in [0.29, 0.717) is 23.2 Å². The van der Waals surface area contributed by atoms with Gasteiger partial charge in [-0.2, -0.15) is 13.2 Å². The van der Waals surface area contributed by atoms with Crippen LogP contribution in [0.3, 0.4) is 0 Å². The largest absolute Gasteiger partial charge is 0.416 e. The molecule has 1 fully saturated rings. The molecule has 1 aromatic carbocycles. The molecule has 0 spiro atoms. The van der Waals surface area contributed by atoms with Crippen LogP contribution in [0.15, 0.2) is 29.3 Å². The molecule has 0 radical (unpaired) electrons. The van der Waals surface area contributed by atoms with E-state index < -0.39 is 33.7 Å². The molecule has 3 rings (SSSR count). The van der Waals surface area contributed by atoms with Crippen LogP contribution in [0.5, 0.6) is 0 Å². The number of sulfone groups is 1. The van der Waals surface area contributed by atoms with Crippen LogP contribution in [0.1, 0.15) is 5.56 Å². The minimum absolute atomic E-state index is 0.0680. The molecule has 1 saturated heterocycles. The van der Waals surface area contributed by atoms with Gasteiger partial charge >= 0.3 is 6.18 Å². The van der Waals surface area contributed by atoms with Crippen LogP contribution in [0, 0.1) is 0 Å². The molecule has 0 N–H and O–H groups in total. The lowest BCUT2D eigenvalue weighted by Gasteiger charge is -2.27. The molecule has 138 valence electrons. The van der Waals surface area contributed by atoms with Crippen LogP contribution < -0.4 is 4.90 Å². The first kappa shape index (κ1) is 18.5. The highest BCUT2D eigenvalue weighted by Gasteiger charge is 2.47. The maximum atomic E-state index is 13.0. The van der Waals surface area contributed by atoms with E-state index in [4.69, 9.17) is 4.74 Å². The normalized spacial score (nSPS) is 25.1. The summed E-state index contributed by atoms with van der Waals surface area (Å²) in [7, 11) is -1.68. The smallest absolute Gasteiger partial charge is 0.384 e. The summed E-state index contributed by atoms with van der Waals surface area (Å²) in [5.74, 6) is 0.407. The number of rotatable bonds is 4. The first-order valence-corrected chi connectivity index (χ1v) is 10.4. The second-order valence-corrected chi connectivity index (χ2v) is 9.10. The van der Waals surface area contributed by atoms with Crippen LogP contribution in [-0.4, -0.2) is 56.6 Å². The summed E-state index contributed by atoms with van der Waals surface area (Å²) in [4.78, 5) is 6.09. The molecule has 0 bridgehead atoms. The number of fused-ring (bicyclic) bond motifs is 1. The number of alkyl halides is 3. The number of anilines is 1. The third kappa shape index (κ3) is 3.95. The number of methoxy groups -OCH3 is 1. The van der Waals surface area contributed by atoms with Crippen molar-refractivity contribution in [2.24, 2.45) is 4.99 Å². The first-order chi connectivity index (χ1) is 11.7. The number of benzene rings is 1. The van der Waals surface area contributed by atoms with Gasteiger partial charge in [-0.3, -0.25) is 4.99 Å². The lowest BCUT2D eigenvalue weighted by Crippen LogP contribution is -2.39. The number of nitrogens with zero attached hydrogens (tertiary/aromatic N) is 2. The van der Waals surface area contributed by atoms with E-state index in [1.54, 1.807) is 18.1 Å². The molecule has 25 heavy (non-hydrogen) atoms. The van der Waals surface area contributed by atoms with Gasteiger partial charge in [0, 0.05) is 18.6 Å². The summed E-state index contributed by atoms with van der Waals surface area (Å²) in [6.45, 7) is 0.466. The summed E-state index contributed by atoms with van der Waals surface area (Å²) >= 11 is 1.36. The third-order valence-corrected chi connectivity index (χ3v) is 6.71. The molecule has 5 nitrogen and oxygen atoms in total. The Morgan fingerprint density at radius 3 is 2.80 bits per heavy atom. The van der Waals surface area contributed by atoms with Crippen LogP contribution in [0.4, 0.5) is 18.9 Å². The number of ether oxygens (including phenoxy) is 1. The Hall–Kier alpha value is -1.26. The Kier molecular flexibility index (Phi) is 5.04. The molecule has 0 saturated carbocycles. The molecule has 0 aromatic heterocycles. The Labute approximate surface area is 148 Å². The van der Waals surface area contributed by atoms with E-state index in [0.717, 1.165) is 12.1 Å². The Balaban J connectivity index is 1.94. The summed E-state index contributed by atoms with van der Waals surface area (Å²) in [5, 5.41) is 0.543. The quantitative estimate of drug-likeness (QED) is 0.734. The van der Waals surface area contributed by atoms with Crippen molar-refractivity contribution in [1.82, 2.24) is 0 Å². The number of thioether (sulfide) groups is 1. The average Bonchev–Trinajstić information content (AvgIpc) is 2.98. The molecule has 2 atom stereocenters. The maximum absolute atomic E-state index is 13.0. The molecule has 2 aliphatic heterocycles. The van der Waals surface area contributed by atoms with Crippen molar-refractivity contribution < 1.29 is 26.3 Å². The molecule has 10 heteroatoms. The highest BCUT2D eigenvalue weighted by atomic mass is 32.2. The number of halogens is 3. The molecule has 0 aliphatic carbocycles. The van der Waals surface area contributed by atoms with E-state index in [2.05, 4.69) is 4.99 Å². The average molecular weight is 394 g/mol. The van der Waals surface area contributed by atoms with Gasteiger partial charge < -0.3 is 9.64 Å². The fourth-order valence-corrected chi connectivity index (χ4v) is 5.85. The highest BCUT2D eigenvalue weighted by Crippen LogP contribution is 2.37. The van der Waals surface area contributed by atoms with Gasteiger partial charge in [0.2, 0.25) is 0 Å². The fraction of sp³-hybridized carbons (Fsp3) is 0.533. The van der Waals surface area contributed by atoms with Crippen LogP contribution in [0.25, 0.3) is 0 Å². The topological polar surface area (TPSA) is 59.0 Å². The van der Waals surface area contributed by atoms with E-state index in [-0.39, 0.29) is 11.5 Å². The predicted octanol–water partition coefficient (Wildman–Crippen LogP) is 2.43. The van der Waals surface area contributed by atoms with Crippen LogP contribution >= 0.6 is 11.8 Å². The first-order valence-electron chi connectivity index (χ1n) is 7.58. The van der Waals surface area contributed by atoms with Gasteiger partial charge in [0.1, 0.15) is 0 Å². The fourth-order valence-electron chi connectivity index (χ4n) is 2.98. The molecule has 1 aromatic rings. The minimum Gasteiger partial charge on any atom is -0.384 e. The Bertz CT molecular complexity index is 780. The summed E-state index contributed by atoms with van der Waals surface area (Å²) in [5.41, 5.74) is -0.460. The van der Waals surface area contributed by atoms with E-state index >= 15 is 0 Å². The van der Waals surface area contributed by atoms with E-state index in [1.165, 1.54) is 17.8 Å². The highest BCUT2D eigenvalue weighted by molar-refractivity contribution is 8.14.